The zero-order valence-corrected chi connectivity index (χ0v) is 22.4. The monoisotopic (exact) mass is 523 g/mol. The molecule has 0 spiro atoms. The average molecular weight is 524 g/mol. The highest BCUT2D eigenvalue weighted by Gasteiger charge is 2.62. The molecule has 0 bridgehead atoms. The Morgan fingerprint density at radius 3 is 2.92 bits per heavy atom. The van der Waals surface area contributed by atoms with Crippen molar-refractivity contribution >= 4 is 28.9 Å². The summed E-state index contributed by atoms with van der Waals surface area (Å²) in [4.78, 5) is 46.2. The number of allylic oxidation sites excluding steroid dienone is 1. The van der Waals surface area contributed by atoms with Gasteiger partial charge in [0.2, 0.25) is 11.8 Å². The molecule has 3 heterocycles. The van der Waals surface area contributed by atoms with Crippen LogP contribution in [0.2, 0.25) is 0 Å². The van der Waals surface area contributed by atoms with Crippen molar-refractivity contribution in [3.63, 3.8) is 0 Å². The summed E-state index contributed by atoms with van der Waals surface area (Å²) in [7, 11) is 0. The highest BCUT2D eigenvalue weighted by atomic mass is 16.5. The van der Waals surface area contributed by atoms with E-state index in [1.165, 1.54) is 0 Å². The smallest absolute Gasteiger partial charge is 0.332 e. The number of aromatic nitrogens is 1. The first kappa shape index (κ1) is 26.3. The van der Waals surface area contributed by atoms with Crippen molar-refractivity contribution in [3.05, 3.63) is 36.2 Å². The molecule has 9 nitrogen and oxygen atoms in total. The van der Waals surface area contributed by atoms with Crippen LogP contribution in [0.4, 0.5) is 0 Å². The second-order valence-corrected chi connectivity index (χ2v) is 10.8. The number of aryl methyl sites for hydroxylation is 1. The van der Waals surface area contributed by atoms with Gasteiger partial charge in [-0.25, -0.2) is 9.78 Å². The first-order valence-electron chi connectivity index (χ1n) is 13.8. The third kappa shape index (κ3) is 5.28. The number of nitrogens with zero attached hydrogens (tertiary/aromatic N) is 2. The maximum atomic E-state index is 13.7. The van der Waals surface area contributed by atoms with E-state index in [4.69, 9.17) is 13.9 Å². The molecular weight excluding hydrogens is 486 g/mol. The van der Waals surface area contributed by atoms with Crippen molar-refractivity contribution in [1.82, 2.24) is 15.2 Å². The number of hydrogen-bond donors (Lipinski definition) is 1. The lowest BCUT2D eigenvalue weighted by Gasteiger charge is -2.28. The van der Waals surface area contributed by atoms with Gasteiger partial charge in [0, 0.05) is 31.2 Å². The maximum Gasteiger partial charge on any atom is 0.332 e. The van der Waals surface area contributed by atoms with Gasteiger partial charge in [0.15, 0.2) is 11.5 Å². The lowest BCUT2D eigenvalue weighted by Crippen LogP contribution is -2.54. The lowest BCUT2D eigenvalue weighted by molar-refractivity contribution is -0.150. The molecule has 0 unspecified atom stereocenters. The van der Waals surface area contributed by atoms with Crippen molar-refractivity contribution in [3.8, 4) is 5.75 Å². The van der Waals surface area contributed by atoms with Crippen LogP contribution < -0.4 is 10.1 Å². The standard InChI is InChI=1S/C29H37N3O6/c1-4-36-28(35)29-16-20(29)11-9-7-5-6-8-10-18(2)27(34)32-17-22(15-24(32)26(33)31-29)38-21-12-13-25-23(14-21)30-19(3)37-25/h9,11-14,18,20,22,24H,4-8,10,15-17H2,1-3H3,(H,31,33)/b11-9-/t18-,20+,22+,24-,29+/m0/s1. The Morgan fingerprint density at radius 2 is 2.11 bits per heavy atom. The first-order chi connectivity index (χ1) is 18.3. The Balaban J connectivity index is 1.38. The number of hydrogen-bond acceptors (Lipinski definition) is 7. The molecule has 1 aromatic carbocycles. The second-order valence-electron chi connectivity index (χ2n) is 10.8. The van der Waals surface area contributed by atoms with Crippen LogP contribution in [-0.2, 0) is 19.1 Å². The number of benzene rings is 1. The number of fused-ring (bicyclic) bond motifs is 3. The predicted molar refractivity (Wildman–Crippen MR) is 140 cm³/mol. The fourth-order valence-electron chi connectivity index (χ4n) is 5.73. The van der Waals surface area contributed by atoms with Crippen LogP contribution >= 0.6 is 0 Å². The van der Waals surface area contributed by atoms with Crippen LogP contribution in [0.3, 0.4) is 0 Å². The number of oxazole rings is 1. The Kier molecular flexibility index (Phi) is 7.45. The van der Waals surface area contributed by atoms with Gasteiger partial charge in [0.05, 0.1) is 13.2 Å². The van der Waals surface area contributed by atoms with Gasteiger partial charge in [0.25, 0.3) is 0 Å². The van der Waals surface area contributed by atoms with Crippen molar-refractivity contribution in [2.24, 2.45) is 11.8 Å². The molecule has 1 saturated carbocycles. The average Bonchev–Trinajstić information content (AvgIpc) is 3.21. The van der Waals surface area contributed by atoms with Gasteiger partial charge >= 0.3 is 5.97 Å². The van der Waals surface area contributed by atoms with Gasteiger partial charge in [-0.3, -0.25) is 9.59 Å². The number of carbonyl (C=O) groups excluding carboxylic acids is 3. The Hall–Kier alpha value is -3.36. The minimum atomic E-state index is -1.07. The molecule has 5 rings (SSSR count). The molecule has 2 fully saturated rings. The molecule has 1 aliphatic carbocycles. The zero-order valence-electron chi connectivity index (χ0n) is 22.4. The summed E-state index contributed by atoms with van der Waals surface area (Å²) in [5, 5.41) is 3.00. The number of ether oxygens (including phenoxy) is 2. The SMILES string of the molecule is CCOC(=O)[C@@]12C[C@H]1/C=C\CCCCC[C@H](C)C(=O)N1C[C@H](Oc3ccc4oc(C)nc4c3)C[C@H]1C(=O)N2. The topological polar surface area (TPSA) is 111 Å². The first-order valence-corrected chi connectivity index (χ1v) is 13.8. The Morgan fingerprint density at radius 1 is 1.26 bits per heavy atom. The molecule has 2 aliphatic heterocycles. The molecule has 204 valence electrons. The quantitative estimate of drug-likeness (QED) is 0.475. The van der Waals surface area contributed by atoms with E-state index in [1.807, 2.05) is 31.2 Å². The van der Waals surface area contributed by atoms with Crippen LogP contribution in [-0.4, -0.2) is 58.5 Å². The molecule has 1 N–H and O–H groups in total. The molecule has 5 atom stereocenters. The molecule has 2 amide bonds. The summed E-state index contributed by atoms with van der Waals surface area (Å²) < 4.78 is 17.2. The predicted octanol–water partition coefficient (Wildman–Crippen LogP) is 4.08. The number of nitrogens with one attached hydrogen (secondary N) is 1. The fourth-order valence-corrected chi connectivity index (χ4v) is 5.73. The van der Waals surface area contributed by atoms with Gasteiger partial charge < -0.3 is 24.1 Å². The van der Waals surface area contributed by atoms with Crippen LogP contribution in [0.5, 0.6) is 5.75 Å². The van der Waals surface area contributed by atoms with Crippen LogP contribution in [0.1, 0.15) is 64.7 Å². The number of amides is 2. The second kappa shape index (κ2) is 10.8. The summed E-state index contributed by atoms with van der Waals surface area (Å²) in [6, 6.07) is 4.70. The summed E-state index contributed by atoms with van der Waals surface area (Å²) in [5.74, 6) is 0.0680. The van der Waals surface area contributed by atoms with E-state index in [-0.39, 0.29) is 36.4 Å². The highest BCUT2D eigenvalue weighted by molar-refractivity contribution is 5.95. The van der Waals surface area contributed by atoms with Gasteiger partial charge in [-0.15, -0.1) is 0 Å². The van der Waals surface area contributed by atoms with Gasteiger partial charge in [-0.1, -0.05) is 31.9 Å². The van der Waals surface area contributed by atoms with E-state index in [0.29, 0.717) is 42.1 Å². The van der Waals surface area contributed by atoms with Crippen molar-refractivity contribution < 1.29 is 28.3 Å². The zero-order chi connectivity index (χ0) is 26.9. The summed E-state index contributed by atoms with van der Waals surface area (Å²) in [6.07, 6.45) is 9.30. The Bertz CT molecular complexity index is 1240. The highest BCUT2D eigenvalue weighted by Crippen LogP contribution is 2.46. The van der Waals surface area contributed by atoms with Gasteiger partial charge in [-0.2, -0.15) is 0 Å². The maximum absolute atomic E-state index is 13.7. The van der Waals surface area contributed by atoms with Gasteiger partial charge in [0.1, 0.15) is 29.0 Å². The van der Waals surface area contributed by atoms with Crippen molar-refractivity contribution in [2.45, 2.75) is 83.4 Å². The van der Waals surface area contributed by atoms with Crippen LogP contribution in [0.25, 0.3) is 11.1 Å². The van der Waals surface area contributed by atoms with Crippen molar-refractivity contribution in [2.75, 3.05) is 13.2 Å². The van der Waals surface area contributed by atoms with Crippen molar-refractivity contribution in [1.29, 1.82) is 0 Å². The lowest BCUT2D eigenvalue weighted by atomic mass is 10.0. The Labute approximate surface area is 222 Å². The largest absolute Gasteiger partial charge is 0.488 e. The molecule has 0 radical (unpaired) electrons. The molecule has 9 heteroatoms. The van der Waals surface area contributed by atoms with E-state index in [2.05, 4.69) is 16.4 Å². The molecule has 38 heavy (non-hydrogen) atoms. The van der Waals surface area contributed by atoms with Crippen LogP contribution in [0, 0.1) is 18.8 Å². The van der Waals surface area contributed by atoms with Crippen LogP contribution in [0.15, 0.2) is 34.8 Å². The number of esters is 1. The van der Waals surface area contributed by atoms with E-state index >= 15 is 0 Å². The van der Waals surface area contributed by atoms with E-state index in [9.17, 15) is 14.4 Å². The summed E-state index contributed by atoms with van der Waals surface area (Å²) in [6.45, 7) is 6.02. The molecule has 1 aromatic heterocycles. The minimum Gasteiger partial charge on any atom is -0.488 e. The van der Waals surface area contributed by atoms with E-state index in [0.717, 1.165) is 32.1 Å². The van der Waals surface area contributed by atoms with E-state index < -0.39 is 17.6 Å². The van der Waals surface area contributed by atoms with E-state index in [1.54, 1.807) is 18.7 Å². The van der Waals surface area contributed by atoms with Gasteiger partial charge in [-0.05, 0) is 44.7 Å². The molecular formula is C29H37N3O6. The molecule has 1 saturated heterocycles. The fraction of sp³-hybridized carbons (Fsp3) is 0.586. The summed E-state index contributed by atoms with van der Waals surface area (Å²) >= 11 is 0. The normalized spacial score (nSPS) is 31.0. The molecule has 2 aromatic rings. The number of rotatable bonds is 4. The number of carbonyl (C=O) groups is 3. The molecule has 3 aliphatic rings. The minimum absolute atomic E-state index is 0.0515. The third-order valence-corrected chi connectivity index (χ3v) is 7.92. The third-order valence-electron chi connectivity index (χ3n) is 7.92. The summed E-state index contributed by atoms with van der Waals surface area (Å²) in [5.41, 5.74) is 0.299.